The van der Waals surface area contributed by atoms with E-state index in [1.54, 1.807) is 13.1 Å². The Hall–Kier alpha value is -0.480. The molecule has 1 aromatic rings. The van der Waals surface area contributed by atoms with Gasteiger partial charge in [0.05, 0.1) is 5.69 Å². The highest BCUT2D eigenvalue weighted by molar-refractivity contribution is 9.10. The molecule has 12 heavy (non-hydrogen) atoms. The normalized spacial score (nSPS) is 27.2. The van der Waals surface area contributed by atoms with Crippen molar-refractivity contribution in [3.8, 4) is 0 Å². The van der Waals surface area contributed by atoms with Gasteiger partial charge in [0.1, 0.15) is 5.60 Å². The Morgan fingerprint density at radius 1 is 1.67 bits per heavy atom. The average molecular weight is 229 g/mol. The molecule has 1 heterocycles. The van der Waals surface area contributed by atoms with Gasteiger partial charge >= 0.3 is 0 Å². The molecular weight excluding hydrogens is 220 g/mol. The van der Waals surface area contributed by atoms with E-state index in [1.165, 1.54) is 0 Å². The topological polar surface area (TPSA) is 46.0 Å². The molecule has 1 aromatic heterocycles. The van der Waals surface area contributed by atoms with Crippen LogP contribution in [0.3, 0.4) is 0 Å². The van der Waals surface area contributed by atoms with Gasteiger partial charge < -0.3 is 5.11 Å². The lowest BCUT2D eigenvalue weighted by molar-refractivity contribution is 0.0551. The third-order valence-electron chi connectivity index (χ3n) is 2.23. The number of aliphatic hydroxyl groups is 1. The second-order valence-corrected chi connectivity index (χ2v) is 4.00. The summed E-state index contributed by atoms with van der Waals surface area (Å²) in [5.74, 6) is 0. The summed E-state index contributed by atoms with van der Waals surface area (Å²) in [6, 6.07) is 0. The van der Waals surface area contributed by atoms with Gasteiger partial charge in [-0.15, -0.1) is 0 Å². The molecule has 0 amide bonds. The van der Waals surface area contributed by atoms with Gasteiger partial charge in [-0.1, -0.05) is 0 Å². The van der Waals surface area contributed by atoms with E-state index in [4.69, 9.17) is 0 Å². The molecule has 0 aliphatic heterocycles. The van der Waals surface area contributed by atoms with Crippen molar-refractivity contribution in [1.29, 1.82) is 0 Å². The van der Waals surface area contributed by atoms with Crippen LogP contribution in [0.2, 0.25) is 0 Å². The summed E-state index contributed by atoms with van der Waals surface area (Å²) in [4.78, 5) is 8.17. The molecule has 0 bridgehead atoms. The minimum absolute atomic E-state index is 0.545. The number of fused-ring (bicyclic) bond motifs is 1. The molecule has 2 rings (SSSR count). The smallest absolute Gasteiger partial charge is 0.196 e. The van der Waals surface area contributed by atoms with E-state index in [9.17, 15) is 5.11 Å². The minimum atomic E-state index is -0.763. The van der Waals surface area contributed by atoms with E-state index >= 15 is 0 Å². The second-order valence-electron chi connectivity index (χ2n) is 3.29. The van der Waals surface area contributed by atoms with Gasteiger partial charge in [-0.3, -0.25) is 0 Å². The summed E-state index contributed by atoms with van der Waals surface area (Å²) in [6.45, 7) is 1.79. The number of rotatable bonds is 0. The number of halogens is 1. The van der Waals surface area contributed by atoms with Gasteiger partial charge in [0.15, 0.2) is 4.73 Å². The van der Waals surface area contributed by atoms with E-state index in [-0.39, 0.29) is 0 Å². The van der Waals surface area contributed by atoms with Crippen molar-refractivity contribution in [1.82, 2.24) is 9.97 Å². The zero-order chi connectivity index (χ0) is 8.77. The summed E-state index contributed by atoms with van der Waals surface area (Å²) in [7, 11) is 0. The average Bonchev–Trinajstić information content (AvgIpc) is 2.28. The summed E-state index contributed by atoms with van der Waals surface area (Å²) >= 11 is 3.18. The molecule has 3 nitrogen and oxygen atoms in total. The Morgan fingerprint density at radius 3 is 3.17 bits per heavy atom. The van der Waals surface area contributed by atoms with Crippen LogP contribution in [0.15, 0.2) is 10.9 Å². The molecule has 0 spiro atoms. The van der Waals surface area contributed by atoms with E-state index in [1.807, 2.05) is 0 Å². The maximum absolute atomic E-state index is 9.86. The maximum Gasteiger partial charge on any atom is 0.196 e. The largest absolute Gasteiger partial charge is 0.384 e. The summed E-state index contributed by atoms with van der Waals surface area (Å²) in [5, 5.41) is 9.86. The van der Waals surface area contributed by atoms with Gasteiger partial charge in [0.2, 0.25) is 0 Å². The van der Waals surface area contributed by atoms with E-state index in [2.05, 4.69) is 25.9 Å². The Bertz CT molecular complexity index is 325. The zero-order valence-electron chi connectivity index (χ0n) is 6.71. The standard InChI is InChI=1S/C8H9BrN2O/c1-8(12)3-2-5-4-10-7(9)11-6(5)8/h4,12H,2-3H2,1H3. The van der Waals surface area contributed by atoms with Crippen LogP contribution in [0.5, 0.6) is 0 Å². The second kappa shape index (κ2) is 2.50. The first-order valence-electron chi connectivity index (χ1n) is 3.84. The van der Waals surface area contributed by atoms with Gasteiger partial charge in [-0.25, -0.2) is 9.97 Å². The quantitative estimate of drug-likeness (QED) is 0.684. The van der Waals surface area contributed by atoms with Gasteiger partial charge in [0.25, 0.3) is 0 Å². The van der Waals surface area contributed by atoms with Crippen LogP contribution in [-0.2, 0) is 12.0 Å². The minimum Gasteiger partial charge on any atom is -0.384 e. The fraction of sp³-hybridized carbons (Fsp3) is 0.500. The molecule has 64 valence electrons. The van der Waals surface area contributed by atoms with E-state index in [0.717, 1.165) is 24.1 Å². The lowest BCUT2D eigenvalue weighted by Gasteiger charge is -2.15. The van der Waals surface area contributed by atoms with E-state index in [0.29, 0.717) is 4.73 Å². The first-order valence-corrected chi connectivity index (χ1v) is 4.63. The molecule has 0 radical (unpaired) electrons. The predicted octanol–water partition coefficient (Wildman–Crippen LogP) is 1.39. The highest BCUT2D eigenvalue weighted by Gasteiger charge is 2.33. The van der Waals surface area contributed by atoms with Crippen molar-refractivity contribution in [3.05, 3.63) is 22.2 Å². The monoisotopic (exact) mass is 228 g/mol. The molecule has 0 saturated heterocycles. The Labute approximate surface area is 79.0 Å². The fourth-order valence-electron chi connectivity index (χ4n) is 1.53. The predicted molar refractivity (Wildman–Crippen MR) is 47.6 cm³/mol. The van der Waals surface area contributed by atoms with Crippen molar-refractivity contribution in [2.45, 2.75) is 25.4 Å². The van der Waals surface area contributed by atoms with Gasteiger partial charge in [-0.2, -0.15) is 0 Å². The van der Waals surface area contributed by atoms with Crippen LogP contribution < -0.4 is 0 Å². The number of aromatic nitrogens is 2. The number of aryl methyl sites for hydroxylation is 1. The first kappa shape index (κ1) is 8.13. The van der Waals surface area contributed by atoms with E-state index < -0.39 is 5.60 Å². The summed E-state index contributed by atoms with van der Waals surface area (Å²) in [6.07, 6.45) is 3.39. The molecule has 1 aliphatic carbocycles. The third-order valence-corrected chi connectivity index (χ3v) is 2.61. The highest BCUT2D eigenvalue weighted by Crippen LogP contribution is 2.34. The lowest BCUT2D eigenvalue weighted by atomic mass is 10.1. The molecule has 1 atom stereocenters. The Morgan fingerprint density at radius 2 is 2.42 bits per heavy atom. The van der Waals surface area contributed by atoms with Gasteiger partial charge in [-0.05, 0) is 41.3 Å². The zero-order valence-corrected chi connectivity index (χ0v) is 8.30. The summed E-state index contributed by atoms with van der Waals surface area (Å²) in [5.41, 5.74) is 1.06. The molecule has 4 heteroatoms. The van der Waals surface area contributed by atoms with Crippen LogP contribution in [0.1, 0.15) is 24.6 Å². The number of hydrogen-bond acceptors (Lipinski definition) is 3. The first-order chi connectivity index (χ1) is 5.59. The molecule has 0 saturated carbocycles. The SMILES string of the molecule is CC1(O)CCc2cnc(Br)nc21. The molecule has 1 N–H and O–H groups in total. The van der Waals surface area contributed by atoms with Crippen molar-refractivity contribution in [3.63, 3.8) is 0 Å². The summed E-state index contributed by atoms with van der Waals surface area (Å²) < 4.78 is 0.545. The van der Waals surface area contributed by atoms with Crippen LogP contribution in [0, 0.1) is 0 Å². The molecule has 0 fully saturated rings. The fourth-order valence-corrected chi connectivity index (χ4v) is 1.81. The van der Waals surface area contributed by atoms with Crippen LogP contribution >= 0.6 is 15.9 Å². The van der Waals surface area contributed by atoms with Crippen LogP contribution in [0.25, 0.3) is 0 Å². The highest BCUT2D eigenvalue weighted by atomic mass is 79.9. The Kier molecular flexibility index (Phi) is 1.70. The van der Waals surface area contributed by atoms with Crippen LogP contribution in [-0.4, -0.2) is 15.1 Å². The molecule has 1 unspecified atom stereocenters. The third kappa shape index (κ3) is 1.15. The number of nitrogens with zero attached hydrogens (tertiary/aromatic N) is 2. The van der Waals surface area contributed by atoms with Crippen molar-refractivity contribution in [2.24, 2.45) is 0 Å². The maximum atomic E-state index is 9.86. The van der Waals surface area contributed by atoms with Crippen molar-refractivity contribution < 1.29 is 5.11 Å². The number of hydrogen-bond donors (Lipinski definition) is 1. The Balaban J connectivity index is 2.57. The van der Waals surface area contributed by atoms with Crippen molar-refractivity contribution in [2.75, 3.05) is 0 Å². The molecule has 0 aromatic carbocycles. The van der Waals surface area contributed by atoms with Gasteiger partial charge in [0, 0.05) is 6.20 Å². The molecular formula is C8H9BrN2O. The van der Waals surface area contributed by atoms with Crippen molar-refractivity contribution >= 4 is 15.9 Å². The van der Waals surface area contributed by atoms with Crippen LogP contribution in [0.4, 0.5) is 0 Å². The molecule has 1 aliphatic rings. The lowest BCUT2D eigenvalue weighted by Crippen LogP contribution is -2.18.